The third-order valence-corrected chi connectivity index (χ3v) is 3.47. The van der Waals surface area contributed by atoms with Gasteiger partial charge in [0.1, 0.15) is 0 Å². The van der Waals surface area contributed by atoms with Crippen LogP contribution in [-0.4, -0.2) is 15.0 Å². The molecule has 20 heavy (non-hydrogen) atoms. The van der Waals surface area contributed by atoms with Gasteiger partial charge in [-0.1, -0.05) is 23.4 Å². The second-order valence-corrected chi connectivity index (χ2v) is 4.93. The van der Waals surface area contributed by atoms with E-state index in [1.165, 1.54) is 11.1 Å². The van der Waals surface area contributed by atoms with Crippen molar-refractivity contribution in [2.45, 2.75) is 13.8 Å². The molecule has 1 aromatic heterocycles. The number of anilines is 1. The first-order valence-corrected chi connectivity index (χ1v) is 6.49. The summed E-state index contributed by atoms with van der Waals surface area (Å²) in [5.74, 6) is 0. The Morgan fingerprint density at radius 1 is 1.00 bits per heavy atom. The molecule has 0 amide bonds. The highest BCUT2D eigenvalue weighted by atomic mass is 15.4. The van der Waals surface area contributed by atoms with Gasteiger partial charge in [-0.15, -0.1) is 5.10 Å². The zero-order chi connectivity index (χ0) is 14.1. The van der Waals surface area contributed by atoms with E-state index in [9.17, 15) is 0 Å². The molecule has 1 heterocycles. The molecule has 0 radical (unpaired) electrons. The molecular weight excluding hydrogens is 248 g/mol. The van der Waals surface area contributed by atoms with Crippen molar-refractivity contribution < 1.29 is 0 Å². The fourth-order valence-electron chi connectivity index (χ4n) is 2.18. The van der Waals surface area contributed by atoms with Crippen LogP contribution in [0.3, 0.4) is 0 Å². The van der Waals surface area contributed by atoms with E-state index in [0.717, 1.165) is 16.9 Å². The molecule has 0 atom stereocenters. The molecule has 4 nitrogen and oxygen atoms in total. The van der Waals surface area contributed by atoms with Gasteiger partial charge in [0.2, 0.25) is 0 Å². The number of nitrogens with zero attached hydrogens (tertiary/aromatic N) is 3. The first-order chi connectivity index (χ1) is 9.65. The number of hydrogen-bond acceptors (Lipinski definition) is 3. The highest BCUT2D eigenvalue weighted by molar-refractivity contribution is 5.63. The van der Waals surface area contributed by atoms with Gasteiger partial charge in [0, 0.05) is 11.3 Å². The number of benzene rings is 2. The summed E-state index contributed by atoms with van der Waals surface area (Å²) in [5, 5.41) is 8.20. The van der Waals surface area contributed by atoms with Gasteiger partial charge in [-0.05, 0) is 49.2 Å². The molecule has 0 aliphatic carbocycles. The van der Waals surface area contributed by atoms with Crippen molar-refractivity contribution in [3.05, 3.63) is 59.8 Å². The Morgan fingerprint density at radius 3 is 2.60 bits per heavy atom. The van der Waals surface area contributed by atoms with Crippen LogP contribution in [0.25, 0.3) is 16.9 Å². The molecule has 2 aromatic carbocycles. The standard InChI is InChI=1S/C16H16N4/c1-11-6-7-13(8-12(11)2)16-10-18-19-20(16)15-5-3-4-14(17)9-15/h3-10H,17H2,1-2H3. The lowest BCUT2D eigenvalue weighted by molar-refractivity contribution is 0.808. The van der Waals surface area contributed by atoms with Gasteiger partial charge < -0.3 is 5.73 Å². The summed E-state index contributed by atoms with van der Waals surface area (Å²) in [6.45, 7) is 4.21. The highest BCUT2D eigenvalue weighted by Crippen LogP contribution is 2.24. The molecule has 0 saturated carbocycles. The van der Waals surface area contributed by atoms with Crippen molar-refractivity contribution in [1.82, 2.24) is 15.0 Å². The summed E-state index contributed by atoms with van der Waals surface area (Å²) in [4.78, 5) is 0. The maximum atomic E-state index is 5.84. The molecule has 100 valence electrons. The SMILES string of the molecule is Cc1ccc(-c2cnnn2-c2cccc(N)c2)cc1C. The Bertz CT molecular complexity index is 759. The Kier molecular flexibility index (Phi) is 2.99. The molecule has 4 heteroatoms. The summed E-state index contributed by atoms with van der Waals surface area (Å²) in [7, 11) is 0. The molecule has 0 unspecified atom stereocenters. The van der Waals surface area contributed by atoms with Gasteiger partial charge in [0.05, 0.1) is 17.6 Å². The van der Waals surface area contributed by atoms with Gasteiger partial charge in [0.15, 0.2) is 0 Å². The van der Waals surface area contributed by atoms with Crippen LogP contribution in [0.4, 0.5) is 5.69 Å². The summed E-state index contributed by atoms with van der Waals surface area (Å²) < 4.78 is 1.81. The smallest absolute Gasteiger partial charge is 0.0944 e. The predicted molar refractivity (Wildman–Crippen MR) is 80.7 cm³/mol. The monoisotopic (exact) mass is 264 g/mol. The fourth-order valence-corrected chi connectivity index (χ4v) is 2.18. The average molecular weight is 264 g/mol. The van der Waals surface area contributed by atoms with Crippen molar-refractivity contribution in [2.24, 2.45) is 0 Å². The van der Waals surface area contributed by atoms with Crippen LogP contribution in [0.15, 0.2) is 48.7 Å². The largest absolute Gasteiger partial charge is 0.399 e. The lowest BCUT2D eigenvalue weighted by Gasteiger charge is -2.08. The van der Waals surface area contributed by atoms with Crippen molar-refractivity contribution in [2.75, 3.05) is 5.73 Å². The second-order valence-electron chi connectivity index (χ2n) is 4.93. The molecule has 0 bridgehead atoms. The van der Waals surface area contributed by atoms with E-state index in [0.29, 0.717) is 5.69 Å². The van der Waals surface area contributed by atoms with Crippen molar-refractivity contribution >= 4 is 5.69 Å². The normalized spacial score (nSPS) is 10.7. The number of rotatable bonds is 2. The first-order valence-electron chi connectivity index (χ1n) is 6.49. The van der Waals surface area contributed by atoms with Crippen molar-refractivity contribution in [3.8, 4) is 16.9 Å². The van der Waals surface area contributed by atoms with Crippen LogP contribution in [0.1, 0.15) is 11.1 Å². The maximum absolute atomic E-state index is 5.84. The lowest BCUT2D eigenvalue weighted by atomic mass is 10.0. The molecule has 2 N–H and O–H groups in total. The average Bonchev–Trinajstić information content (AvgIpc) is 2.91. The van der Waals surface area contributed by atoms with Crippen LogP contribution in [0.5, 0.6) is 0 Å². The summed E-state index contributed by atoms with van der Waals surface area (Å²) in [6, 6.07) is 14.0. The first kappa shape index (κ1) is 12.4. The lowest BCUT2D eigenvalue weighted by Crippen LogP contribution is -2.00. The van der Waals surface area contributed by atoms with E-state index < -0.39 is 0 Å². The van der Waals surface area contributed by atoms with Crippen LogP contribution in [0, 0.1) is 13.8 Å². The predicted octanol–water partition coefficient (Wildman–Crippen LogP) is 3.13. The Morgan fingerprint density at radius 2 is 1.85 bits per heavy atom. The molecule has 3 rings (SSSR count). The number of nitrogens with two attached hydrogens (primary N) is 1. The van der Waals surface area contributed by atoms with E-state index in [1.54, 1.807) is 10.9 Å². The second kappa shape index (κ2) is 4.81. The van der Waals surface area contributed by atoms with Gasteiger partial charge in [0.25, 0.3) is 0 Å². The number of nitrogen functional groups attached to an aromatic ring is 1. The molecule has 0 aliphatic rings. The number of hydrogen-bond donors (Lipinski definition) is 1. The molecular formula is C16H16N4. The van der Waals surface area contributed by atoms with E-state index >= 15 is 0 Å². The zero-order valence-electron chi connectivity index (χ0n) is 11.5. The van der Waals surface area contributed by atoms with Gasteiger partial charge in [-0.3, -0.25) is 0 Å². The van der Waals surface area contributed by atoms with Gasteiger partial charge >= 0.3 is 0 Å². The quantitative estimate of drug-likeness (QED) is 0.723. The van der Waals surface area contributed by atoms with Crippen LogP contribution in [-0.2, 0) is 0 Å². The van der Waals surface area contributed by atoms with Crippen molar-refractivity contribution in [3.63, 3.8) is 0 Å². The molecule has 3 aromatic rings. The van der Waals surface area contributed by atoms with Crippen LogP contribution < -0.4 is 5.73 Å². The third-order valence-electron chi connectivity index (χ3n) is 3.47. The van der Waals surface area contributed by atoms with E-state index in [-0.39, 0.29) is 0 Å². The zero-order valence-corrected chi connectivity index (χ0v) is 11.5. The summed E-state index contributed by atoms with van der Waals surface area (Å²) in [5.41, 5.74) is 12.0. The molecule has 0 spiro atoms. The highest BCUT2D eigenvalue weighted by Gasteiger charge is 2.09. The molecule has 0 saturated heterocycles. The maximum Gasteiger partial charge on any atom is 0.0944 e. The minimum Gasteiger partial charge on any atom is -0.399 e. The summed E-state index contributed by atoms with van der Waals surface area (Å²) >= 11 is 0. The van der Waals surface area contributed by atoms with E-state index in [4.69, 9.17) is 5.73 Å². The number of aryl methyl sites for hydroxylation is 2. The van der Waals surface area contributed by atoms with Crippen LogP contribution >= 0.6 is 0 Å². The van der Waals surface area contributed by atoms with E-state index in [2.05, 4.69) is 42.4 Å². The van der Waals surface area contributed by atoms with Gasteiger partial charge in [-0.2, -0.15) is 0 Å². The Hall–Kier alpha value is -2.62. The van der Waals surface area contributed by atoms with Crippen molar-refractivity contribution in [1.29, 1.82) is 0 Å². The minimum absolute atomic E-state index is 0.712. The Balaban J connectivity index is 2.12. The van der Waals surface area contributed by atoms with Gasteiger partial charge in [-0.25, -0.2) is 4.68 Å². The topological polar surface area (TPSA) is 56.7 Å². The molecule has 0 fully saturated rings. The summed E-state index contributed by atoms with van der Waals surface area (Å²) in [6.07, 6.45) is 1.77. The Labute approximate surface area is 117 Å². The fraction of sp³-hybridized carbons (Fsp3) is 0.125. The van der Waals surface area contributed by atoms with E-state index in [1.807, 2.05) is 24.3 Å². The number of aromatic nitrogens is 3. The third kappa shape index (κ3) is 2.16. The molecule has 0 aliphatic heterocycles. The minimum atomic E-state index is 0.712. The van der Waals surface area contributed by atoms with Crippen LogP contribution in [0.2, 0.25) is 0 Å².